The quantitative estimate of drug-likeness (QED) is 0.594. The summed E-state index contributed by atoms with van der Waals surface area (Å²) in [5.41, 5.74) is 1.92. The van der Waals surface area contributed by atoms with Crippen molar-refractivity contribution in [2.24, 2.45) is 7.05 Å². The van der Waals surface area contributed by atoms with E-state index in [1.54, 1.807) is 13.1 Å². The Balaban J connectivity index is 1.48. The number of hydrogen-bond donors (Lipinski definition) is 1. The van der Waals surface area contributed by atoms with Crippen LogP contribution in [-0.4, -0.2) is 54.6 Å². The number of hydrogen-bond acceptors (Lipinski definition) is 5. The Bertz CT molecular complexity index is 1210. The zero-order valence-corrected chi connectivity index (χ0v) is 19.2. The molecule has 0 aliphatic carbocycles. The third-order valence-corrected chi connectivity index (χ3v) is 7.40. The molecule has 32 heavy (non-hydrogen) atoms. The summed E-state index contributed by atoms with van der Waals surface area (Å²) in [5.74, 6) is -0.474. The summed E-state index contributed by atoms with van der Waals surface area (Å²) in [4.78, 5) is 14.9. The number of carbonyl (C=O) groups is 1. The number of nitrogens with one attached hydrogen (secondary N) is 1. The summed E-state index contributed by atoms with van der Waals surface area (Å²) in [6.45, 7) is 1.91. The molecule has 1 aromatic heterocycles. The van der Waals surface area contributed by atoms with Crippen LogP contribution in [0.2, 0.25) is 5.02 Å². The van der Waals surface area contributed by atoms with Crippen molar-refractivity contribution >= 4 is 33.2 Å². The van der Waals surface area contributed by atoms with Crippen LogP contribution >= 0.6 is 11.6 Å². The van der Waals surface area contributed by atoms with Gasteiger partial charge in [-0.1, -0.05) is 48.0 Å². The van der Waals surface area contributed by atoms with Crippen molar-refractivity contribution in [3.63, 3.8) is 0 Å². The Morgan fingerprint density at radius 2 is 1.78 bits per heavy atom. The lowest BCUT2D eigenvalue weighted by molar-refractivity contribution is 0.0947. The van der Waals surface area contributed by atoms with Gasteiger partial charge >= 0.3 is 0 Å². The van der Waals surface area contributed by atoms with Crippen LogP contribution < -0.4 is 10.2 Å². The first-order valence-corrected chi connectivity index (χ1v) is 12.0. The minimum absolute atomic E-state index is 0.0423. The summed E-state index contributed by atoms with van der Waals surface area (Å²) < 4.78 is 29.4. The SMILES string of the molecule is Cn1cc(C(=O)NCc2ccccc2)c(S(=O)(=O)N2CCN(c3cccc(Cl)c3)CC2)n1. The van der Waals surface area contributed by atoms with Gasteiger partial charge in [0.1, 0.15) is 0 Å². The highest BCUT2D eigenvalue weighted by Gasteiger charge is 2.34. The fraction of sp³-hybridized carbons (Fsp3) is 0.273. The van der Waals surface area contributed by atoms with E-state index in [-0.39, 0.29) is 23.7 Å². The molecule has 1 fully saturated rings. The van der Waals surface area contributed by atoms with Crippen molar-refractivity contribution in [3.05, 3.63) is 76.9 Å². The largest absolute Gasteiger partial charge is 0.369 e. The van der Waals surface area contributed by atoms with Gasteiger partial charge in [0.15, 0.2) is 0 Å². The average molecular weight is 474 g/mol. The Morgan fingerprint density at radius 1 is 1.06 bits per heavy atom. The molecule has 1 N–H and O–H groups in total. The molecule has 8 nitrogen and oxygen atoms in total. The molecule has 0 unspecified atom stereocenters. The molecular weight excluding hydrogens is 450 g/mol. The first-order chi connectivity index (χ1) is 15.3. The molecule has 1 aliphatic heterocycles. The van der Waals surface area contributed by atoms with Gasteiger partial charge in [0.25, 0.3) is 15.9 Å². The van der Waals surface area contributed by atoms with E-state index < -0.39 is 15.9 Å². The Morgan fingerprint density at radius 3 is 2.47 bits per heavy atom. The number of sulfonamides is 1. The van der Waals surface area contributed by atoms with Crippen molar-refractivity contribution in [3.8, 4) is 0 Å². The maximum absolute atomic E-state index is 13.3. The second kappa shape index (κ2) is 9.32. The first kappa shape index (κ1) is 22.3. The van der Waals surface area contributed by atoms with Crippen LogP contribution in [0.15, 0.2) is 65.8 Å². The third kappa shape index (κ3) is 4.79. The summed E-state index contributed by atoms with van der Waals surface area (Å²) in [7, 11) is -2.32. The second-order valence-corrected chi connectivity index (χ2v) is 9.85. The molecule has 4 rings (SSSR count). The molecule has 2 heterocycles. The molecule has 0 spiro atoms. The molecule has 1 aliphatic rings. The van der Waals surface area contributed by atoms with Crippen LogP contribution in [0.1, 0.15) is 15.9 Å². The number of halogens is 1. The highest BCUT2D eigenvalue weighted by atomic mass is 35.5. The Labute approximate surface area is 192 Å². The van der Waals surface area contributed by atoms with Gasteiger partial charge in [-0.25, -0.2) is 8.42 Å². The standard InChI is InChI=1S/C22H24ClN5O3S/c1-26-16-20(21(29)24-15-17-6-3-2-4-7-17)22(25-26)32(30,31)28-12-10-27(11-13-28)19-9-5-8-18(23)14-19/h2-9,14,16H,10-13,15H2,1H3,(H,24,29). The molecule has 0 atom stereocenters. The predicted molar refractivity (Wildman–Crippen MR) is 123 cm³/mol. The molecule has 1 saturated heterocycles. The van der Waals surface area contributed by atoms with Crippen LogP contribution in [0, 0.1) is 0 Å². The van der Waals surface area contributed by atoms with Gasteiger partial charge in [0.05, 0.1) is 5.56 Å². The van der Waals surface area contributed by atoms with Crippen molar-refractivity contribution in [2.75, 3.05) is 31.1 Å². The molecule has 0 radical (unpaired) electrons. The van der Waals surface area contributed by atoms with Crippen LogP contribution in [0.4, 0.5) is 5.69 Å². The summed E-state index contributed by atoms with van der Waals surface area (Å²) in [6.07, 6.45) is 1.44. The third-order valence-electron chi connectivity index (χ3n) is 5.33. The van der Waals surface area contributed by atoms with Gasteiger partial charge < -0.3 is 10.2 Å². The normalized spacial score (nSPS) is 15.0. The predicted octanol–water partition coefficient (Wildman–Crippen LogP) is 2.51. The highest BCUT2D eigenvalue weighted by molar-refractivity contribution is 7.89. The number of piperazine rings is 1. The lowest BCUT2D eigenvalue weighted by Gasteiger charge is -2.35. The summed E-state index contributed by atoms with van der Waals surface area (Å²) in [5, 5.41) is 7.32. The number of nitrogens with zero attached hydrogens (tertiary/aromatic N) is 4. The van der Waals surface area contributed by atoms with Crippen molar-refractivity contribution in [2.45, 2.75) is 11.6 Å². The highest BCUT2D eigenvalue weighted by Crippen LogP contribution is 2.24. The molecule has 2 aromatic carbocycles. The monoisotopic (exact) mass is 473 g/mol. The lowest BCUT2D eigenvalue weighted by atomic mass is 10.2. The van der Waals surface area contributed by atoms with E-state index in [1.807, 2.05) is 48.5 Å². The molecule has 10 heteroatoms. The van der Waals surface area contributed by atoms with Gasteiger partial charge in [-0.2, -0.15) is 9.40 Å². The van der Waals surface area contributed by atoms with E-state index in [0.717, 1.165) is 11.3 Å². The van der Waals surface area contributed by atoms with Crippen LogP contribution in [0.5, 0.6) is 0 Å². The van der Waals surface area contributed by atoms with Crippen LogP contribution in [-0.2, 0) is 23.6 Å². The van der Waals surface area contributed by atoms with Crippen LogP contribution in [0.3, 0.4) is 0 Å². The fourth-order valence-electron chi connectivity index (χ4n) is 3.67. The average Bonchev–Trinajstić information content (AvgIpc) is 3.21. The van der Waals surface area contributed by atoms with E-state index in [0.29, 0.717) is 24.7 Å². The van der Waals surface area contributed by atoms with Crippen molar-refractivity contribution in [1.29, 1.82) is 0 Å². The minimum atomic E-state index is -3.93. The van der Waals surface area contributed by atoms with Crippen LogP contribution in [0.25, 0.3) is 0 Å². The van der Waals surface area contributed by atoms with Gasteiger partial charge in [0.2, 0.25) is 5.03 Å². The van der Waals surface area contributed by atoms with E-state index in [2.05, 4.69) is 15.3 Å². The van der Waals surface area contributed by atoms with Gasteiger partial charge in [-0.15, -0.1) is 0 Å². The van der Waals surface area contributed by atoms with E-state index in [4.69, 9.17) is 11.6 Å². The number of anilines is 1. The van der Waals surface area contributed by atoms with E-state index >= 15 is 0 Å². The zero-order chi connectivity index (χ0) is 22.7. The lowest BCUT2D eigenvalue weighted by Crippen LogP contribution is -2.49. The molecule has 3 aromatic rings. The van der Waals surface area contributed by atoms with E-state index in [9.17, 15) is 13.2 Å². The van der Waals surface area contributed by atoms with Crippen molar-refractivity contribution < 1.29 is 13.2 Å². The maximum Gasteiger partial charge on any atom is 0.263 e. The summed E-state index contributed by atoms with van der Waals surface area (Å²) >= 11 is 6.08. The number of rotatable bonds is 6. The molecule has 1 amide bonds. The molecule has 0 bridgehead atoms. The van der Waals surface area contributed by atoms with Crippen molar-refractivity contribution in [1.82, 2.24) is 19.4 Å². The zero-order valence-electron chi connectivity index (χ0n) is 17.6. The number of aryl methyl sites for hydroxylation is 1. The molecule has 0 saturated carbocycles. The number of benzene rings is 2. The maximum atomic E-state index is 13.3. The fourth-order valence-corrected chi connectivity index (χ4v) is 5.40. The van der Waals surface area contributed by atoms with Gasteiger partial charge in [-0.05, 0) is 23.8 Å². The Hall–Kier alpha value is -2.88. The second-order valence-electron chi connectivity index (χ2n) is 7.56. The first-order valence-electron chi connectivity index (χ1n) is 10.2. The smallest absolute Gasteiger partial charge is 0.263 e. The van der Waals surface area contributed by atoms with E-state index in [1.165, 1.54) is 15.2 Å². The number of amides is 1. The Kier molecular flexibility index (Phi) is 6.50. The minimum Gasteiger partial charge on any atom is -0.369 e. The molecule has 168 valence electrons. The number of carbonyl (C=O) groups excluding carboxylic acids is 1. The summed E-state index contributed by atoms with van der Waals surface area (Å²) in [6, 6.07) is 16.9. The van der Waals surface area contributed by atoms with Gasteiger partial charge in [0, 0.05) is 56.7 Å². The topological polar surface area (TPSA) is 87.5 Å². The molecular formula is C22H24ClN5O3S. The number of aromatic nitrogens is 2. The van der Waals surface area contributed by atoms with Gasteiger partial charge in [-0.3, -0.25) is 9.48 Å².